The second-order valence-corrected chi connectivity index (χ2v) is 20.0. The lowest BCUT2D eigenvalue weighted by Gasteiger charge is -2.39. The van der Waals surface area contributed by atoms with Gasteiger partial charge in [-0.15, -0.1) is 0 Å². The molecule has 398 valence electrons. The van der Waals surface area contributed by atoms with Gasteiger partial charge in [0.05, 0.1) is 65.9 Å². The predicted octanol–water partition coefficient (Wildman–Crippen LogP) is 8.80. The van der Waals surface area contributed by atoms with Crippen LogP contribution in [0, 0.1) is 0 Å². The summed E-state index contributed by atoms with van der Waals surface area (Å²) >= 11 is 0. The molecule has 0 aromatic rings. The summed E-state index contributed by atoms with van der Waals surface area (Å²) < 4.78 is 396. The standard InChI is InChI=1S/C30H42F26N4O4S2/c1-59(2,15-7-11-57-65(61,62)17-9-19(31,32)21(35,36)23(39,40)25(43,44)27(47,48)29(51,52)53)13-5-6-14-60(3,4)16-8-12-58-66(63,64)18-10-20(33,34)22(37,38)24(41,42)26(45,46)28(49,50)30(54,55)56/h57-58H,5-18H2,1-4H3/q+2. The number of halogens is 26. The second kappa shape index (κ2) is 20.0. The number of quaternary nitrogens is 2. The Morgan fingerprint density at radius 2 is 0.545 bits per heavy atom. The summed E-state index contributed by atoms with van der Waals surface area (Å²) in [4.78, 5) is 0. The molecular formula is C30H42F26N4O4S2+2. The van der Waals surface area contributed by atoms with Gasteiger partial charge in [-0.1, -0.05) is 0 Å². The van der Waals surface area contributed by atoms with Crippen LogP contribution < -0.4 is 9.44 Å². The first-order valence-electron chi connectivity index (χ1n) is 18.0. The molecule has 0 radical (unpaired) electrons. The maximum Gasteiger partial charge on any atom is 0.460 e. The summed E-state index contributed by atoms with van der Waals surface area (Å²) in [6.07, 6.45) is -20.7. The van der Waals surface area contributed by atoms with Gasteiger partial charge in [0, 0.05) is 51.6 Å². The number of hydrogen-bond donors (Lipinski definition) is 2. The molecule has 8 nitrogen and oxygen atoms in total. The van der Waals surface area contributed by atoms with E-state index in [0.29, 0.717) is 25.9 Å². The molecule has 36 heteroatoms. The second-order valence-electron chi connectivity index (χ2n) is 16.1. The lowest BCUT2D eigenvalue weighted by atomic mass is 9.93. The van der Waals surface area contributed by atoms with E-state index in [-0.39, 0.29) is 34.9 Å². The quantitative estimate of drug-likeness (QED) is 0.0446. The summed E-state index contributed by atoms with van der Waals surface area (Å²) in [5, 5.41) is 0. The van der Waals surface area contributed by atoms with E-state index in [1.54, 1.807) is 37.6 Å². The van der Waals surface area contributed by atoms with E-state index >= 15 is 0 Å². The normalized spacial score (nSPS) is 16.0. The first-order chi connectivity index (χ1) is 28.5. The van der Waals surface area contributed by atoms with Gasteiger partial charge >= 0.3 is 71.6 Å². The molecule has 0 aliphatic carbocycles. The van der Waals surface area contributed by atoms with E-state index in [1.807, 2.05) is 0 Å². The third-order valence-electron chi connectivity index (χ3n) is 9.67. The first-order valence-corrected chi connectivity index (χ1v) is 21.3. The Labute approximate surface area is 358 Å². The molecule has 0 aliphatic rings. The van der Waals surface area contributed by atoms with E-state index in [2.05, 4.69) is 0 Å². The van der Waals surface area contributed by atoms with Crippen molar-refractivity contribution >= 4 is 20.0 Å². The van der Waals surface area contributed by atoms with Crippen LogP contribution >= 0.6 is 0 Å². The Kier molecular flexibility index (Phi) is 19.3. The fourth-order valence-electron chi connectivity index (χ4n) is 5.36. The van der Waals surface area contributed by atoms with Gasteiger partial charge in [0.15, 0.2) is 0 Å². The largest absolute Gasteiger partial charge is 0.460 e. The van der Waals surface area contributed by atoms with Crippen molar-refractivity contribution in [3.05, 3.63) is 0 Å². The lowest BCUT2D eigenvalue weighted by molar-refractivity contribution is -0.896. The molecule has 0 amide bonds. The Morgan fingerprint density at radius 3 is 0.773 bits per heavy atom. The highest BCUT2D eigenvalue weighted by atomic mass is 32.2. The molecule has 0 rings (SSSR count). The van der Waals surface area contributed by atoms with Crippen LogP contribution in [0.3, 0.4) is 0 Å². The summed E-state index contributed by atoms with van der Waals surface area (Å²) in [5.41, 5.74) is 0. The molecule has 0 aromatic heterocycles. The van der Waals surface area contributed by atoms with Crippen molar-refractivity contribution in [2.24, 2.45) is 0 Å². The highest BCUT2D eigenvalue weighted by Gasteiger charge is 2.92. The maximum absolute atomic E-state index is 14.0. The fraction of sp³-hybridized carbons (Fsp3) is 1.00. The number of rotatable bonds is 29. The van der Waals surface area contributed by atoms with Crippen LogP contribution in [0.15, 0.2) is 0 Å². The molecular weight excluding hydrogens is 1040 g/mol. The Balaban J connectivity index is 5.06. The van der Waals surface area contributed by atoms with E-state index in [0.717, 1.165) is 0 Å². The molecule has 0 atom stereocenters. The molecule has 0 aromatic carbocycles. The summed E-state index contributed by atoms with van der Waals surface area (Å²) in [6.45, 7) is -0.562. The van der Waals surface area contributed by atoms with Crippen molar-refractivity contribution in [3.8, 4) is 0 Å². The molecule has 0 saturated carbocycles. The monoisotopic (exact) mass is 1080 g/mol. The predicted molar refractivity (Wildman–Crippen MR) is 177 cm³/mol. The van der Waals surface area contributed by atoms with Crippen LogP contribution in [0.1, 0.15) is 38.5 Å². The van der Waals surface area contributed by atoms with Gasteiger partial charge in [-0.2, -0.15) is 114 Å². The third kappa shape index (κ3) is 13.8. The van der Waals surface area contributed by atoms with E-state index in [1.165, 1.54) is 0 Å². The van der Waals surface area contributed by atoms with Crippen molar-refractivity contribution in [2.45, 2.75) is 110 Å². The van der Waals surface area contributed by atoms with E-state index < -0.39 is 129 Å². The van der Waals surface area contributed by atoms with Crippen molar-refractivity contribution < 1.29 is 140 Å². The van der Waals surface area contributed by atoms with Crippen LogP contribution in [-0.4, -0.2) is 176 Å². The molecule has 66 heavy (non-hydrogen) atoms. The number of nitrogens with zero attached hydrogens (tertiary/aromatic N) is 2. The van der Waals surface area contributed by atoms with Crippen LogP contribution in [0.5, 0.6) is 0 Å². The fourth-order valence-corrected chi connectivity index (χ4v) is 7.61. The third-order valence-corrected chi connectivity index (χ3v) is 12.4. The molecule has 2 N–H and O–H groups in total. The smallest absolute Gasteiger partial charge is 0.328 e. The number of unbranched alkanes of at least 4 members (excludes halogenated alkanes) is 1. The number of alkyl halides is 26. The summed E-state index contributed by atoms with van der Waals surface area (Å²) in [6, 6.07) is 0. The number of hydrogen-bond acceptors (Lipinski definition) is 4. The molecule has 0 saturated heterocycles. The summed E-state index contributed by atoms with van der Waals surface area (Å²) in [5.74, 6) is -81.3. The SMILES string of the molecule is C[N+](C)(CCCC[N+](C)(C)CCCNS(=O)(=O)CCC(F)(F)C(F)(F)C(F)(F)C(F)(F)C(F)(F)C(F)(F)F)CCCNS(=O)(=O)CCC(F)(F)C(F)(F)C(F)(F)C(F)(F)C(F)(F)C(F)(F)F. The Morgan fingerprint density at radius 1 is 0.333 bits per heavy atom. The van der Waals surface area contributed by atoms with Crippen LogP contribution in [-0.2, 0) is 20.0 Å². The van der Waals surface area contributed by atoms with Crippen molar-refractivity contribution in [2.75, 3.05) is 79.0 Å². The van der Waals surface area contributed by atoms with E-state index in [9.17, 15) is 131 Å². The van der Waals surface area contributed by atoms with Crippen molar-refractivity contribution in [1.82, 2.24) is 9.44 Å². The van der Waals surface area contributed by atoms with Crippen LogP contribution in [0.4, 0.5) is 114 Å². The highest BCUT2D eigenvalue weighted by Crippen LogP contribution is 2.62. The van der Waals surface area contributed by atoms with Gasteiger partial charge in [0.1, 0.15) is 0 Å². The highest BCUT2D eigenvalue weighted by molar-refractivity contribution is 7.89. The average molecular weight is 1080 g/mol. The van der Waals surface area contributed by atoms with Gasteiger partial charge < -0.3 is 8.97 Å². The number of nitrogens with one attached hydrogen (secondary N) is 2. The van der Waals surface area contributed by atoms with Gasteiger partial charge in [-0.3, -0.25) is 0 Å². The molecule has 0 aliphatic heterocycles. The lowest BCUT2D eigenvalue weighted by Crippen LogP contribution is -2.70. The van der Waals surface area contributed by atoms with E-state index in [4.69, 9.17) is 0 Å². The van der Waals surface area contributed by atoms with Gasteiger partial charge in [0.25, 0.3) is 0 Å². The minimum Gasteiger partial charge on any atom is -0.328 e. The molecule has 0 spiro atoms. The molecule has 0 heterocycles. The Hall–Kier alpha value is -2.08. The van der Waals surface area contributed by atoms with Gasteiger partial charge in [-0.25, -0.2) is 26.3 Å². The topological polar surface area (TPSA) is 92.3 Å². The zero-order chi connectivity index (χ0) is 53.3. The zero-order valence-electron chi connectivity index (χ0n) is 34.1. The number of sulfonamides is 2. The minimum absolute atomic E-state index is 0.0658. The Bertz CT molecular complexity index is 1690. The summed E-state index contributed by atoms with van der Waals surface area (Å²) in [7, 11) is -3.98. The van der Waals surface area contributed by atoms with Crippen LogP contribution in [0.2, 0.25) is 0 Å². The maximum atomic E-state index is 14.0. The molecule has 0 bridgehead atoms. The van der Waals surface area contributed by atoms with Crippen molar-refractivity contribution in [3.63, 3.8) is 0 Å². The van der Waals surface area contributed by atoms with Gasteiger partial charge in [0.2, 0.25) is 20.0 Å². The zero-order valence-corrected chi connectivity index (χ0v) is 35.7. The molecule has 0 fully saturated rings. The van der Waals surface area contributed by atoms with Crippen LogP contribution in [0.25, 0.3) is 0 Å². The molecule has 0 unspecified atom stereocenters. The first kappa shape index (κ1) is 63.9. The minimum atomic E-state index is -8.15. The van der Waals surface area contributed by atoms with Crippen molar-refractivity contribution in [1.29, 1.82) is 0 Å². The average Bonchev–Trinajstić information content (AvgIpc) is 3.11. The van der Waals surface area contributed by atoms with Gasteiger partial charge in [-0.05, 0) is 0 Å².